The van der Waals surface area contributed by atoms with Crippen molar-refractivity contribution in [1.82, 2.24) is 9.47 Å². The van der Waals surface area contributed by atoms with Gasteiger partial charge in [-0.05, 0) is 49.2 Å². The molecule has 3 aromatic rings. The van der Waals surface area contributed by atoms with Gasteiger partial charge in [0.05, 0.1) is 41.9 Å². The number of anilines is 1. The van der Waals surface area contributed by atoms with Crippen LogP contribution >= 0.6 is 0 Å². The van der Waals surface area contributed by atoms with Crippen molar-refractivity contribution < 1.29 is 14.3 Å². The van der Waals surface area contributed by atoms with Gasteiger partial charge in [-0.1, -0.05) is 24.3 Å². The standard InChI is InChI=1S/C26H27N3O3/c1-31-22-10-5-2-7-19(22)24(30)28-15-12-25(13-16-28)17-26(18-32-25)23-11-6-14-29(23)21-9-4-3-8-20(21)27-26/h2-11,14,27H,12-13,15-18H2,1H3/t26-/m0/s1. The highest BCUT2D eigenvalue weighted by molar-refractivity contribution is 5.97. The first-order chi connectivity index (χ1) is 15.6. The number of aromatic nitrogens is 1. The van der Waals surface area contributed by atoms with Gasteiger partial charge in [0, 0.05) is 25.7 Å². The number of hydrogen-bond acceptors (Lipinski definition) is 4. The highest BCUT2D eigenvalue weighted by atomic mass is 16.5. The lowest BCUT2D eigenvalue weighted by atomic mass is 9.79. The molecule has 1 atom stereocenters. The highest BCUT2D eigenvalue weighted by Gasteiger charge is 2.54. The normalized spacial score (nSPS) is 23.0. The lowest BCUT2D eigenvalue weighted by Gasteiger charge is -2.41. The fourth-order valence-corrected chi connectivity index (χ4v) is 5.70. The number of amides is 1. The Bertz CT molecular complexity index is 1180. The molecule has 2 spiro atoms. The molecule has 0 unspecified atom stereocenters. The molecule has 1 amide bonds. The molecule has 32 heavy (non-hydrogen) atoms. The third-order valence-electron chi connectivity index (χ3n) is 7.32. The summed E-state index contributed by atoms with van der Waals surface area (Å²) in [4.78, 5) is 15.1. The zero-order valence-corrected chi connectivity index (χ0v) is 18.2. The van der Waals surface area contributed by atoms with E-state index in [1.807, 2.05) is 29.2 Å². The van der Waals surface area contributed by atoms with E-state index in [1.54, 1.807) is 7.11 Å². The molecule has 2 aromatic carbocycles. The quantitative estimate of drug-likeness (QED) is 0.663. The lowest BCUT2D eigenvalue weighted by molar-refractivity contribution is -0.0392. The molecule has 1 N–H and O–H groups in total. The maximum absolute atomic E-state index is 13.1. The monoisotopic (exact) mass is 429 g/mol. The predicted molar refractivity (Wildman–Crippen MR) is 123 cm³/mol. The number of hydrogen-bond donors (Lipinski definition) is 1. The number of methoxy groups -OCH3 is 1. The Hall–Kier alpha value is -3.25. The van der Waals surface area contributed by atoms with Gasteiger partial charge >= 0.3 is 0 Å². The van der Waals surface area contributed by atoms with Crippen LogP contribution in [0.2, 0.25) is 0 Å². The third-order valence-corrected chi connectivity index (χ3v) is 7.32. The van der Waals surface area contributed by atoms with Gasteiger partial charge in [-0.25, -0.2) is 0 Å². The van der Waals surface area contributed by atoms with Crippen LogP contribution < -0.4 is 10.1 Å². The summed E-state index contributed by atoms with van der Waals surface area (Å²) in [6.45, 7) is 2.00. The minimum Gasteiger partial charge on any atom is -0.496 e. The smallest absolute Gasteiger partial charge is 0.257 e. The van der Waals surface area contributed by atoms with E-state index in [2.05, 4.69) is 52.5 Å². The first-order valence-electron chi connectivity index (χ1n) is 11.2. The number of para-hydroxylation sites is 3. The first-order valence-corrected chi connectivity index (χ1v) is 11.2. The average Bonchev–Trinajstić information content (AvgIpc) is 3.46. The van der Waals surface area contributed by atoms with Crippen LogP contribution in [0, 0.1) is 0 Å². The van der Waals surface area contributed by atoms with Crippen molar-refractivity contribution in [2.24, 2.45) is 0 Å². The number of likely N-dealkylation sites (tertiary alicyclic amines) is 1. The van der Waals surface area contributed by atoms with Gasteiger partial charge in [0.25, 0.3) is 5.91 Å². The van der Waals surface area contributed by atoms with E-state index in [0.29, 0.717) is 31.0 Å². The fourth-order valence-electron chi connectivity index (χ4n) is 5.70. The number of nitrogens with one attached hydrogen (secondary N) is 1. The maximum atomic E-state index is 13.1. The molecule has 0 aliphatic carbocycles. The Morgan fingerprint density at radius 1 is 1.03 bits per heavy atom. The Kier molecular flexibility index (Phi) is 4.33. The van der Waals surface area contributed by atoms with Gasteiger partial charge in [-0.15, -0.1) is 0 Å². The molecule has 3 aliphatic heterocycles. The summed E-state index contributed by atoms with van der Waals surface area (Å²) in [5, 5.41) is 3.82. The van der Waals surface area contributed by atoms with E-state index in [4.69, 9.17) is 9.47 Å². The summed E-state index contributed by atoms with van der Waals surface area (Å²) < 4.78 is 14.2. The Balaban J connectivity index is 1.22. The molecule has 1 aromatic heterocycles. The summed E-state index contributed by atoms with van der Waals surface area (Å²) in [6.07, 6.45) is 4.70. The number of carbonyl (C=O) groups is 1. The second kappa shape index (κ2) is 7.14. The van der Waals surface area contributed by atoms with Crippen molar-refractivity contribution in [2.45, 2.75) is 30.4 Å². The maximum Gasteiger partial charge on any atom is 0.257 e. The highest BCUT2D eigenvalue weighted by Crippen LogP contribution is 2.50. The molecule has 164 valence electrons. The minimum absolute atomic E-state index is 0.0311. The van der Waals surface area contributed by atoms with Gasteiger partial charge in [0.15, 0.2) is 0 Å². The van der Waals surface area contributed by atoms with Crippen molar-refractivity contribution in [3.8, 4) is 11.4 Å². The third kappa shape index (κ3) is 2.86. The zero-order chi connectivity index (χ0) is 21.8. The van der Waals surface area contributed by atoms with E-state index in [0.717, 1.165) is 24.9 Å². The van der Waals surface area contributed by atoms with Crippen LogP contribution in [0.5, 0.6) is 5.75 Å². The number of piperidine rings is 1. The van der Waals surface area contributed by atoms with Crippen molar-refractivity contribution in [3.63, 3.8) is 0 Å². The molecular formula is C26H27N3O3. The summed E-state index contributed by atoms with van der Waals surface area (Å²) in [5.41, 5.74) is 3.73. The Labute approximate surface area is 187 Å². The van der Waals surface area contributed by atoms with Gasteiger partial charge in [-0.2, -0.15) is 0 Å². The predicted octanol–water partition coefficient (Wildman–Crippen LogP) is 4.20. The van der Waals surface area contributed by atoms with Crippen LogP contribution in [0.25, 0.3) is 5.69 Å². The molecule has 6 heteroatoms. The Morgan fingerprint density at radius 3 is 2.66 bits per heavy atom. The molecular weight excluding hydrogens is 402 g/mol. The molecule has 2 saturated heterocycles. The van der Waals surface area contributed by atoms with Crippen LogP contribution in [0.1, 0.15) is 35.3 Å². The molecule has 0 saturated carbocycles. The topological polar surface area (TPSA) is 55.7 Å². The first kappa shape index (κ1) is 19.4. The summed E-state index contributed by atoms with van der Waals surface area (Å²) in [7, 11) is 1.61. The molecule has 6 nitrogen and oxygen atoms in total. The van der Waals surface area contributed by atoms with Crippen LogP contribution in [0.4, 0.5) is 5.69 Å². The number of nitrogens with zero attached hydrogens (tertiary/aromatic N) is 2. The van der Waals surface area contributed by atoms with Crippen molar-refractivity contribution in [1.29, 1.82) is 0 Å². The second-order valence-corrected chi connectivity index (χ2v) is 9.13. The van der Waals surface area contributed by atoms with Crippen LogP contribution in [0.3, 0.4) is 0 Å². The summed E-state index contributed by atoms with van der Waals surface area (Å²) in [5.74, 6) is 0.656. The summed E-state index contributed by atoms with van der Waals surface area (Å²) in [6, 6.07) is 20.2. The van der Waals surface area contributed by atoms with Crippen LogP contribution in [-0.4, -0.2) is 47.8 Å². The number of benzene rings is 2. The molecule has 6 rings (SSSR count). The van der Waals surface area contributed by atoms with Crippen molar-refractivity contribution in [3.05, 3.63) is 78.1 Å². The van der Waals surface area contributed by atoms with Gasteiger partial charge in [-0.3, -0.25) is 4.79 Å². The molecule has 0 radical (unpaired) electrons. The van der Waals surface area contributed by atoms with Crippen molar-refractivity contribution in [2.75, 3.05) is 32.1 Å². The lowest BCUT2D eigenvalue weighted by Crippen LogP contribution is -2.48. The second-order valence-electron chi connectivity index (χ2n) is 9.13. The molecule has 4 heterocycles. The summed E-state index contributed by atoms with van der Waals surface area (Å²) >= 11 is 0. The van der Waals surface area contributed by atoms with E-state index in [9.17, 15) is 4.79 Å². The van der Waals surface area contributed by atoms with Crippen molar-refractivity contribution >= 4 is 11.6 Å². The number of rotatable bonds is 2. The number of fused-ring (bicyclic) bond motifs is 4. The molecule has 0 bridgehead atoms. The van der Waals surface area contributed by atoms with Crippen LogP contribution in [-0.2, 0) is 10.3 Å². The van der Waals surface area contributed by atoms with Crippen LogP contribution in [0.15, 0.2) is 66.9 Å². The van der Waals surface area contributed by atoms with E-state index < -0.39 is 0 Å². The van der Waals surface area contributed by atoms with Gasteiger partial charge in [0.1, 0.15) is 11.3 Å². The largest absolute Gasteiger partial charge is 0.496 e. The number of ether oxygens (including phenoxy) is 2. The molecule has 2 fully saturated rings. The Morgan fingerprint density at radius 2 is 1.81 bits per heavy atom. The van der Waals surface area contributed by atoms with Gasteiger partial charge in [0.2, 0.25) is 0 Å². The van der Waals surface area contributed by atoms with E-state index in [-0.39, 0.29) is 17.0 Å². The average molecular weight is 430 g/mol. The van der Waals surface area contributed by atoms with E-state index in [1.165, 1.54) is 11.4 Å². The van der Waals surface area contributed by atoms with E-state index >= 15 is 0 Å². The van der Waals surface area contributed by atoms with Gasteiger partial charge < -0.3 is 24.3 Å². The SMILES string of the molecule is COc1ccccc1C(=O)N1CCC2(CC1)C[C@@]1(CO2)Nc2ccccc2-n2cccc21. The zero-order valence-electron chi connectivity index (χ0n) is 18.2. The fraction of sp³-hybridized carbons (Fsp3) is 0.346. The minimum atomic E-state index is -0.243. The number of carbonyl (C=O) groups excluding carboxylic acids is 1. The molecule has 3 aliphatic rings.